The second-order valence-electron chi connectivity index (χ2n) is 8.36. The van der Waals surface area contributed by atoms with Crippen molar-refractivity contribution in [2.45, 2.75) is 73.1 Å². The van der Waals surface area contributed by atoms with E-state index in [-0.39, 0.29) is 6.61 Å². The molecule has 1 saturated carbocycles. The summed E-state index contributed by atoms with van der Waals surface area (Å²) in [7, 11) is 0. The first kappa shape index (κ1) is 16.8. The van der Waals surface area contributed by atoms with Gasteiger partial charge in [0.25, 0.3) is 0 Å². The van der Waals surface area contributed by atoms with E-state index >= 15 is 0 Å². The molecule has 0 heterocycles. The molecule has 0 bridgehead atoms. The van der Waals surface area contributed by atoms with Crippen molar-refractivity contribution in [3.63, 3.8) is 0 Å². The molecule has 0 radical (unpaired) electrons. The highest BCUT2D eigenvalue weighted by Gasteiger charge is 2.47. The van der Waals surface area contributed by atoms with Gasteiger partial charge >= 0.3 is 0 Å². The second-order valence-corrected chi connectivity index (χ2v) is 8.36. The van der Waals surface area contributed by atoms with Crippen molar-refractivity contribution < 1.29 is 5.11 Å². The maximum Gasteiger partial charge on any atom is 0.0614 e. The molecule has 0 aromatic rings. The Balaban J connectivity index is 2.21. The molecule has 120 valence electrons. The summed E-state index contributed by atoms with van der Waals surface area (Å²) < 4.78 is 0. The van der Waals surface area contributed by atoms with Crippen LogP contribution < -0.4 is 0 Å². The largest absolute Gasteiger partial charge is 0.392 e. The van der Waals surface area contributed by atoms with Crippen molar-refractivity contribution in [2.24, 2.45) is 22.7 Å². The minimum atomic E-state index is 0.180. The number of hydrogen-bond acceptors (Lipinski definition) is 1. The van der Waals surface area contributed by atoms with Crippen LogP contribution in [0.15, 0.2) is 23.3 Å². The van der Waals surface area contributed by atoms with Gasteiger partial charge in [0.15, 0.2) is 0 Å². The topological polar surface area (TPSA) is 20.2 Å². The maximum atomic E-state index is 9.06. The van der Waals surface area contributed by atoms with Crippen molar-refractivity contribution in [3.05, 3.63) is 23.3 Å². The summed E-state index contributed by atoms with van der Waals surface area (Å²) in [5, 5.41) is 9.06. The first-order valence-electron chi connectivity index (χ1n) is 8.78. The Morgan fingerprint density at radius 3 is 2.76 bits per heavy atom. The first-order chi connectivity index (χ1) is 9.81. The van der Waals surface area contributed by atoms with Gasteiger partial charge in [-0.3, -0.25) is 0 Å². The van der Waals surface area contributed by atoms with Gasteiger partial charge in [-0.1, -0.05) is 57.4 Å². The zero-order valence-electron chi connectivity index (χ0n) is 14.7. The maximum absolute atomic E-state index is 9.06. The molecule has 1 fully saturated rings. The van der Waals surface area contributed by atoms with E-state index in [2.05, 4.69) is 40.7 Å². The van der Waals surface area contributed by atoms with Crippen molar-refractivity contribution in [1.29, 1.82) is 0 Å². The van der Waals surface area contributed by atoms with Crippen molar-refractivity contribution >= 4 is 0 Å². The number of allylic oxidation sites excluding steroid dienone is 3. The quantitative estimate of drug-likeness (QED) is 0.677. The predicted octanol–water partition coefficient (Wildman–Crippen LogP) is 5.50. The SMILES string of the molecule is CC(=CCO)CCC1(C)C(C)CC=C2C1CCCC2(C)C. The lowest BCUT2D eigenvalue weighted by Crippen LogP contribution is -2.43. The molecule has 0 aromatic carbocycles. The van der Waals surface area contributed by atoms with E-state index in [9.17, 15) is 0 Å². The van der Waals surface area contributed by atoms with Gasteiger partial charge in [-0.15, -0.1) is 0 Å². The highest BCUT2D eigenvalue weighted by molar-refractivity contribution is 5.25. The number of hydrogen-bond donors (Lipinski definition) is 1. The molecule has 1 nitrogen and oxygen atoms in total. The molecule has 0 aliphatic heterocycles. The molecule has 1 N–H and O–H groups in total. The molecule has 3 unspecified atom stereocenters. The van der Waals surface area contributed by atoms with Crippen molar-refractivity contribution in [2.75, 3.05) is 6.61 Å². The normalized spacial score (nSPS) is 36.1. The van der Waals surface area contributed by atoms with Crippen LogP contribution in [-0.4, -0.2) is 11.7 Å². The van der Waals surface area contributed by atoms with E-state index in [1.807, 2.05) is 6.08 Å². The van der Waals surface area contributed by atoms with Gasteiger partial charge in [-0.05, 0) is 61.7 Å². The van der Waals surface area contributed by atoms with Crippen LogP contribution in [0, 0.1) is 22.7 Å². The number of rotatable bonds is 4. The molecule has 2 aliphatic carbocycles. The fourth-order valence-corrected chi connectivity index (χ4v) is 4.68. The molecule has 21 heavy (non-hydrogen) atoms. The summed E-state index contributed by atoms with van der Waals surface area (Å²) >= 11 is 0. The summed E-state index contributed by atoms with van der Waals surface area (Å²) in [6.07, 6.45) is 12.3. The van der Waals surface area contributed by atoms with E-state index in [0.717, 1.165) is 18.3 Å². The average molecular weight is 290 g/mol. The minimum absolute atomic E-state index is 0.180. The molecule has 2 aliphatic rings. The lowest BCUT2D eigenvalue weighted by Gasteiger charge is -2.53. The summed E-state index contributed by atoms with van der Waals surface area (Å²) in [5.41, 5.74) is 3.92. The van der Waals surface area contributed by atoms with Gasteiger partial charge < -0.3 is 5.11 Å². The van der Waals surface area contributed by atoms with Crippen molar-refractivity contribution in [3.8, 4) is 0 Å². The van der Waals surface area contributed by atoms with E-state index in [0.29, 0.717) is 10.8 Å². The van der Waals surface area contributed by atoms with E-state index < -0.39 is 0 Å². The van der Waals surface area contributed by atoms with Crippen LogP contribution in [0.1, 0.15) is 73.1 Å². The van der Waals surface area contributed by atoms with Crippen molar-refractivity contribution in [1.82, 2.24) is 0 Å². The third-order valence-corrected chi connectivity index (χ3v) is 6.56. The van der Waals surface area contributed by atoms with Crippen LogP contribution >= 0.6 is 0 Å². The number of fused-ring (bicyclic) bond motifs is 1. The lowest BCUT2D eigenvalue weighted by molar-refractivity contribution is 0.0583. The summed E-state index contributed by atoms with van der Waals surface area (Å²) in [6, 6.07) is 0. The molecule has 0 aromatic heterocycles. The molecule has 0 spiro atoms. The van der Waals surface area contributed by atoms with Crippen LogP contribution in [0.25, 0.3) is 0 Å². The average Bonchev–Trinajstić information content (AvgIpc) is 2.41. The molecule has 0 saturated heterocycles. The molecular weight excluding hydrogens is 256 g/mol. The standard InChI is InChI=1S/C20H34O/c1-15(11-14-21)10-13-20(5)16(2)8-9-17-18(20)7-6-12-19(17,3)4/h9,11,16,18,21H,6-8,10,12-14H2,1-5H3. The van der Waals surface area contributed by atoms with Crippen LogP contribution in [0.5, 0.6) is 0 Å². The Labute approximate surface area is 131 Å². The van der Waals surface area contributed by atoms with E-state index in [4.69, 9.17) is 5.11 Å². The van der Waals surface area contributed by atoms with Gasteiger partial charge in [0.2, 0.25) is 0 Å². The third-order valence-electron chi connectivity index (χ3n) is 6.56. The highest BCUT2D eigenvalue weighted by Crippen LogP contribution is 2.58. The Bertz CT molecular complexity index is 429. The zero-order valence-corrected chi connectivity index (χ0v) is 14.7. The van der Waals surface area contributed by atoms with Crippen LogP contribution in [0.2, 0.25) is 0 Å². The molecule has 0 amide bonds. The molecule has 2 rings (SSSR count). The van der Waals surface area contributed by atoms with E-state index in [1.54, 1.807) is 5.57 Å². The smallest absolute Gasteiger partial charge is 0.0614 e. The van der Waals surface area contributed by atoms with Crippen LogP contribution in [0.3, 0.4) is 0 Å². The summed E-state index contributed by atoms with van der Waals surface area (Å²) in [6.45, 7) is 12.2. The Morgan fingerprint density at radius 1 is 1.38 bits per heavy atom. The Hall–Kier alpha value is -0.560. The summed E-state index contributed by atoms with van der Waals surface area (Å²) in [5.74, 6) is 1.54. The number of aliphatic hydroxyl groups is 1. The van der Waals surface area contributed by atoms with E-state index in [1.165, 1.54) is 37.7 Å². The molecular formula is C20H34O. The summed E-state index contributed by atoms with van der Waals surface area (Å²) in [4.78, 5) is 0. The first-order valence-corrected chi connectivity index (χ1v) is 8.78. The number of aliphatic hydroxyl groups excluding tert-OH is 1. The van der Waals surface area contributed by atoms with Gasteiger partial charge in [0, 0.05) is 0 Å². The van der Waals surface area contributed by atoms with Crippen LogP contribution in [0.4, 0.5) is 0 Å². The monoisotopic (exact) mass is 290 g/mol. The Morgan fingerprint density at radius 2 is 2.10 bits per heavy atom. The van der Waals surface area contributed by atoms with Gasteiger partial charge in [0.1, 0.15) is 0 Å². The Kier molecular flexibility index (Phi) is 5.03. The fourth-order valence-electron chi connectivity index (χ4n) is 4.68. The molecule has 1 heteroatoms. The fraction of sp³-hybridized carbons (Fsp3) is 0.800. The van der Waals surface area contributed by atoms with Crippen LogP contribution in [-0.2, 0) is 0 Å². The van der Waals surface area contributed by atoms with Gasteiger partial charge in [-0.2, -0.15) is 0 Å². The minimum Gasteiger partial charge on any atom is -0.392 e. The zero-order chi connectivity index (χ0) is 15.7. The van der Waals surface area contributed by atoms with Gasteiger partial charge in [0.05, 0.1) is 6.61 Å². The second kappa shape index (κ2) is 6.28. The predicted molar refractivity (Wildman–Crippen MR) is 91.2 cm³/mol. The lowest BCUT2D eigenvalue weighted by atomic mass is 9.52. The molecule has 3 atom stereocenters. The highest BCUT2D eigenvalue weighted by atomic mass is 16.2. The third kappa shape index (κ3) is 3.28. The van der Waals surface area contributed by atoms with Gasteiger partial charge in [-0.25, -0.2) is 0 Å².